The summed E-state index contributed by atoms with van der Waals surface area (Å²) in [4.78, 5) is 11.6. The molecule has 0 aromatic heterocycles. The Labute approximate surface area is 128 Å². The minimum absolute atomic E-state index is 0.0409. The highest BCUT2D eigenvalue weighted by Gasteiger charge is 2.25. The molecule has 21 heavy (non-hydrogen) atoms. The Hall–Kier alpha value is -1.62. The number of ether oxygens (including phenoxy) is 1. The van der Waals surface area contributed by atoms with E-state index in [-0.39, 0.29) is 12.8 Å². The Morgan fingerprint density at radius 2 is 1.43 bits per heavy atom. The van der Waals surface area contributed by atoms with Crippen molar-refractivity contribution in [3.63, 3.8) is 0 Å². The lowest BCUT2D eigenvalue weighted by Gasteiger charge is -2.17. The fraction of sp³-hybridized carbons (Fsp3) is 0.588. The molecule has 0 rings (SSSR count). The summed E-state index contributed by atoms with van der Waals surface area (Å²) in [6.45, 7) is -0.0764. The highest BCUT2D eigenvalue weighted by molar-refractivity contribution is 7.64. The SMILES string of the molecule is C#CCCCCP(=O)(CCCCC#C)CC(=O)OCC#C. The van der Waals surface area contributed by atoms with Crippen molar-refractivity contribution in [3.8, 4) is 37.0 Å². The maximum absolute atomic E-state index is 12.9. The topological polar surface area (TPSA) is 43.4 Å². The van der Waals surface area contributed by atoms with Gasteiger partial charge in [-0.2, -0.15) is 0 Å². The molecule has 0 bridgehead atoms. The van der Waals surface area contributed by atoms with E-state index in [2.05, 4.69) is 17.8 Å². The highest BCUT2D eigenvalue weighted by Crippen LogP contribution is 2.47. The van der Waals surface area contributed by atoms with Crippen molar-refractivity contribution < 1.29 is 14.1 Å². The molecule has 0 atom stereocenters. The van der Waals surface area contributed by atoms with Crippen molar-refractivity contribution in [2.75, 3.05) is 25.1 Å². The lowest BCUT2D eigenvalue weighted by atomic mass is 10.3. The van der Waals surface area contributed by atoms with E-state index in [1.807, 2.05) is 0 Å². The van der Waals surface area contributed by atoms with Gasteiger partial charge in [0.15, 0.2) is 6.61 Å². The summed E-state index contributed by atoms with van der Waals surface area (Å²) in [5.41, 5.74) is 0. The van der Waals surface area contributed by atoms with E-state index in [1.54, 1.807) is 0 Å². The molecule has 0 unspecified atom stereocenters. The number of terminal acetylenes is 3. The van der Waals surface area contributed by atoms with Gasteiger partial charge in [-0.1, -0.05) is 5.92 Å². The molecule has 0 aliphatic rings. The monoisotopic (exact) mass is 306 g/mol. The molecule has 0 aromatic rings. The molecule has 0 saturated carbocycles. The molecule has 0 aromatic carbocycles. The Balaban J connectivity index is 4.41. The number of hydrogen-bond donors (Lipinski definition) is 0. The van der Waals surface area contributed by atoms with Crippen molar-refractivity contribution in [2.45, 2.75) is 38.5 Å². The first-order valence-electron chi connectivity index (χ1n) is 7.11. The van der Waals surface area contributed by atoms with Crippen LogP contribution in [0.25, 0.3) is 0 Å². The summed E-state index contributed by atoms with van der Waals surface area (Å²) < 4.78 is 17.7. The van der Waals surface area contributed by atoms with Crippen molar-refractivity contribution in [1.29, 1.82) is 0 Å². The summed E-state index contributed by atoms with van der Waals surface area (Å²) >= 11 is 0. The molecular weight excluding hydrogens is 283 g/mol. The van der Waals surface area contributed by atoms with Crippen LogP contribution in [-0.2, 0) is 14.1 Å². The Morgan fingerprint density at radius 3 is 1.86 bits per heavy atom. The second-order valence-corrected chi connectivity index (χ2v) is 8.18. The average Bonchev–Trinajstić information content (AvgIpc) is 2.46. The highest BCUT2D eigenvalue weighted by atomic mass is 31.2. The molecule has 4 heteroatoms. The van der Waals surface area contributed by atoms with Gasteiger partial charge in [-0.05, 0) is 25.7 Å². The van der Waals surface area contributed by atoms with E-state index in [4.69, 9.17) is 24.0 Å². The lowest BCUT2D eigenvalue weighted by molar-refractivity contribution is -0.139. The van der Waals surface area contributed by atoms with Crippen molar-refractivity contribution in [3.05, 3.63) is 0 Å². The van der Waals surface area contributed by atoms with Gasteiger partial charge >= 0.3 is 5.97 Å². The van der Waals surface area contributed by atoms with Crippen LogP contribution in [-0.4, -0.2) is 31.1 Å². The molecule has 0 aliphatic carbocycles. The van der Waals surface area contributed by atoms with Crippen LogP contribution >= 0.6 is 7.14 Å². The molecule has 114 valence electrons. The van der Waals surface area contributed by atoms with Gasteiger partial charge in [0.25, 0.3) is 0 Å². The van der Waals surface area contributed by atoms with E-state index in [9.17, 15) is 9.36 Å². The minimum Gasteiger partial charge on any atom is -0.452 e. The summed E-state index contributed by atoms with van der Waals surface area (Å²) in [6.07, 6.45) is 20.9. The van der Waals surface area contributed by atoms with Crippen LogP contribution in [0.4, 0.5) is 0 Å². The van der Waals surface area contributed by atoms with E-state index >= 15 is 0 Å². The first kappa shape index (κ1) is 19.4. The Morgan fingerprint density at radius 1 is 0.905 bits per heavy atom. The van der Waals surface area contributed by atoms with Crippen LogP contribution in [0.2, 0.25) is 0 Å². The minimum atomic E-state index is -2.58. The van der Waals surface area contributed by atoms with Gasteiger partial charge in [-0.3, -0.25) is 4.79 Å². The largest absolute Gasteiger partial charge is 0.452 e. The van der Waals surface area contributed by atoms with E-state index in [0.717, 1.165) is 25.7 Å². The number of carbonyl (C=O) groups is 1. The van der Waals surface area contributed by atoms with Crippen LogP contribution < -0.4 is 0 Å². The van der Waals surface area contributed by atoms with Gasteiger partial charge in [0.05, 0.1) is 13.3 Å². The van der Waals surface area contributed by atoms with Crippen LogP contribution in [0, 0.1) is 37.0 Å². The summed E-state index contributed by atoms with van der Waals surface area (Å²) in [6, 6.07) is 0. The first-order chi connectivity index (χ1) is 10.1. The third-order valence-corrected chi connectivity index (χ3v) is 6.10. The molecule has 0 N–H and O–H groups in total. The van der Waals surface area contributed by atoms with E-state index in [0.29, 0.717) is 25.2 Å². The number of carbonyl (C=O) groups excluding carboxylic acids is 1. The Bertz CT molecular complexity index is 448. The molecular formula is C17H23O3P. The maximum atomic E-state index is 12.9. The summed E-state index contributed by atoms with van der Waals surface area (Å²) in [7, 11) is -2.58. The Kier molecular flexibility index (Phi) is 11.2. The molecule has 0 fully saturated rings. The molecule has 0 aliphatic heterocycles. The maximum Gasteiger partial charge on any atom is 0.314 e. The normalized spacial score (nSPS) is 10.1. The fourth-order valence-corrected chi connectivity index (χ4v) is 4.63. The van der Waals surface area contributed by atoms with Gasteiger partial charge in [0.1, 0.15) is 0 Å². The third kappa shape index (κ3) is 10.8. The van der Waals surface area contributed by atoms with Crippen LogP contribution in [0.1, 0.15) is 38.5 Å². The van der Waals surface area contributed by atoms with E-state index < -0.39 is 13.1 Å². The number of hydrogen-bond acceptors (Lipinski definition) is 3. The smallest absolute Gasteiger partial charge is 0.314 e. The molecule has 0 radical (unpaired) electrons. The van der Waals surface area contributed by atoms with Crippen LogP contribution in [0.3, 0.4) is 0 Å². The lowest BCUT2D eigenvalue weighted by Crippen LogP contribution is -2.14. The predicted molar refractivity (Wildman–Crippen MR) is 87.4 cm³/mol. The predicted octanol–water partition coefficient (Wildman–Crippen LogP) is 3.13. The number of unbranched alkanes of at least 4 members (excludes halogenated alkanes) is 4. The number of esters is 1. The molecule has 0 heterocycles. The van der Waals surface area contributed by atoms with Gasteiger partial charge in [0.2, 0.25) is 0 Å². The molecule has 0 saturated heterocycles. The average molecular weight is 306 g/mol. The van der Waals surface area contributed by atoms with Crippen molar-refractivity contribution in [2.24, 2.45) is 0 Å². The van der Waals surface area contributed by atoms with Gasteiger partial charge in [-0.15, -0.1) is 31.1 Å². The standard InChI is InChI=1S/C17H23O3P/c1-4-7-9-11-14-21(19,15-12-10-8-5-2)16-17(18)20-13-6-3/h1-3H,7-16H2. The molecule has 3 nitrogen and oxygen atoms in total. The van der Waals surface area contributed by atoms with Crippen LogP contribution in [0.5, 0.6) is 0 Å². The zero-order valence-corrected chi connectivity index (χ0v) is 13.4. The zero-order valence-electron chi connectivity index (χ0n) is 12.5. The quantitative estimate of drug-likeness (QED) is 0.255. The van der Waals surface area contributed by atoms with Gasteiger partial charge in [-0.25, -0.2) is 0 Å². The fourth-order valence-electron chi connectivity index (χ4n) is 1.93. The van der Waals surface area contributed by atoms with Crippen molar-refractivity contribution >= 4 is 13.1 Å². The van der Waals surface area contributed by atoms with Crippen LogP contribution in [0.15, 0.2) is 0 Å². The van der Waals surface area contributed by atoms with E-state index in [1.165, 1.54) is 0 Å². The second kappa shape index (κ2) is 12.1. The molecule has 0 spiro atoms. The first-order valence-corrected chi connectivity index (χ1v) is 9.37. The zero-order chi connectivity index (χ0) is 16.0. The summed E-state index contributed by atoms with van der Waals surface area (Å²) in [5, 5.41) is 0. The number of rotatable bonds is 11. The molecule has 0 amide bonds. The van der Waals surface area contributed by atoms with Gasteiger partial charge < -0.3 is 9.30 Å². The van der Waals surface area contributed by atoms with Crippen molar-refractivity contribution in [1.82, 2.24) is 0 Å². The second-order valence-electron chi connectivity index (χ2n) is 4.85. The summed E-state index contributed by atoms with van der Waals surface area (Å²) in [5.74, 6) is 6.86. The van der Waals surface area contributed by atoms with Gasteiger partial charge in [0, 0.05) is 25.2 Å². The third-order valence-electron chi connectivity index (χ3n) is 3.01.